The van der Waals surface area contributed by atoms with Gasteiger partial charge in [0.1, 0.15) is 11.6 Å². The lowest BCUT2D eigenvalue weighted by Crippen LogP contribution is -2.07. The van der Waals surface area contributed by atoms with E-state index in [1.54, 1.807) is 0 Å². The molecular weight excluding hydrogens is 214 g/mol. The van der Waals surface area contributed by atoms with Crippen molar-refractivity contribution >= 4 is 17.6 Å². The van der Waals surface area contributed by atoms with Gasteiger partial charge in [0.15, 0.2) is 0 Å². The van der Waals surface area contributed by atoms with Crippen LogP contribution in [0.2, 0.25) is 0 Å². The fourth-order valence-electron chi connectivity index (χ4n) is 1.03. The Morgan fingerprint density at radius 1 is 1.50 bits per heavy atom. The van der Waals surface area contributed by atoms with Crippen LogP contribution in [0.25, 0.3) is 0 Å². The van der Waals surface area contributed by atoms with E-state index in [1.807, 2.05) is 0 Å². The summed E-state index contributed by atoms with van der Waals surface area (Å²) in [5, 5.41) is 0. The van der Waals surface area contributed by atoms with E-state index in [-0.39, 0.29) is 17.0 Å². The van der Waals surface area contributed by atoms with Gasteiger partial charge >= 0.3 is 5.97 Å². The van der Waals surface area contributed by atoms with Gasteiger partial charge in [-0.3, -0.25) is 0 Å². The van der Waals surface area contributed by atoms with Crippen LogP contribution in [-0.4, -0.2) is 13.1 Å². The number of ether oxygens (including phenoxy) is 1. The predicted molar refractivity (Wildman–Crippen MR) is 47.3 cm³/mol. The summed E-state index contributed by atoms with van der Waals surface area (Å²) in [5.41, 5.74) is -0.236. The van der Waals surface area contributed by atoms with Crippen LogP contribution in [0.1, 0.15) is 15.9 Å². The average molecular weight is 221 g/mol. The highest BCUT2D eigenvalue weighted by Crippen LogP contribution is 2.18. The zero-order valence-electron chi connectivity index (χ0n) is 7.31. The van der Waals surface area contributed by atoms with Crippen molar-refractivity contribution in [2.45, 2.75) is 5.88 Å². The fourth-order valence-corrected chi connectivity index (χ4v) is 1.30. The molecule has 0 heterocycles. The lowest BCUT2D eigenvalue weighted by molar-refractivity contribution is 0.0598. The lowest BCUT2D eigenvalue weighted by atomic mass is 10.1. The third-order valence-corrected chi connectivity index (χ3v) is 1.97. The molecule has 76 valence electrons. The summed E-state index contributed by atoms with van der Waals surface area (Å²) in [7, 11) is 1.13. The van der Waals surface area contributed by atoms with E-state index in [0.29, 0.717) is 6.07 Å². The van der Waals surface area contributed by atoms with E-state index >= 15 is 0 Å². The number of halogens is 3. The number of alkyl halides is 1. The van der Waals surface area contributed by atoms with Gasteiger partial charge in [0.05, 0.1) is 18.6 Å². The molecule has 0 spiro atoms. The molecule has 0 aliphatic rings. The van der Waals surface area contributed by atoms with Crippen LogP contribution in [0.4, 0.5) is 8.78 Å². The highest BCUT2D eigenvalue weighted by atomic mass is 35.5. The number of hydrogen-bond donors (Lipinski definition) is 0. The molecule has 1 rings (SSSR count). The molecule has 0 unspecified atom stereocenters. The molecule has 1 aromatic carbocycles. The van der Waals surface area contributed by atoms with Gasteiger partial charge in [0, 0.05) is 11.6 Å². The maximum Gasteiger partial charge on any atom is 0.338 e. The summed E-state index contributed by atoms with van der Waals surface area (Å²) in [5.74, 6) is -2.70. The maximum absolute atomic E-state index is 13.1. The molecule has 1 aromatic rings. The van der Waals surface area contributed by atoms with Crippen molar-refractivity contribution in [1.29, 1.82) is 0 Å². The van der Waals surface area contributed by atoms with E-state index in [1.165, 1.54) is 0 Å². The SMILES string of the molecule is COC(=O)c1cc(F)cc(F)c1CCl. The topological polar surface area (TPSA) is 26.3 Å². The second-order valence-corrected chi connectivity index (χ2v) is 2.81. The van der Waals surface area contributed by atoms with Gasteiger partial charge in [-0.05, 0) is 6.07 Å². The van der Waals surface area contributed by atoms with Crippen molar-refractivity contribution in [1.82, 2.24) is 0 Å². The molecule has 2 nitrogen and oxygen atoms in total. The van der Waals surface area contributed by atoms with E-state index in [2.05, 4.69) is 4.74 Å². The van der Waals surface area contributed by atoms with Crippen molar-refractivity contribution in [2.75, 3.05) is 7.11 Å². The Morgan fingerprint density at radius 2 is 2.14 bits per heavy atom. The number of methoxy groups -OCH3 is 1. The van der Waals surface area contributed by atoms with Crippen molar-refractivity contribution in [3.63, 3.8) is 0 Å². The van der Waals surface area contributed by atoms with Crippen LogP contribution < -0.4 is 0 Å². The zero-order valence-corrected chi connectivity index (χ0v) is 8.07. The second-order valence-electron chi connectivity index (χ2n) is 2.54. The normalized spacial score (nSPS) is 10.0. The van der Waals surface area contributed by atoms with Gasteiger partial charge in [-0.1, -0.05) is 0 Å². The first-order chi connectivity index (χ1) is 6.60. The van der Waals surface area contributed by atoms with Crippen LogP contribution in [0.5, 0.6) is 0 Å². The Morgan fingerprint density at radius 3 is 2.64 bits per heavy atom. The molecule has 0 aromatic heterocycles. The zero-order chi connectivity index (χ0) is 10.7. The Hall–Kier alpha value is -1.16. The summed E-state index contributed by atoms with van der Waals surface area (Å²) in [6.07, 6.45) is 0. The Balaban J connectivity index is 3.32. The van der Waals surface area contributed by atoms with Crippen LogP contribution in [0.15, 0.2) is 12.1 Å². The third-order valence-electron chi connectivity index (χ3n) is 1.70. The minimum Gasteiger partial charge on any atom is -0.465 e. The monoisotopic (exact) mass is 220 g/mol. The van der Waals surface area contributed by atoms with E-state index in [4.69, 9.17) is 11.6 Å². The summed E-state index contributed by atoms with van der Waals surface area (Å²) in [6.45, 7) is 0. The molecule has 0 fully saturated rings. The van der Waals surface area contributed by atoms with E-state index in [9.17, 15) is 13.6 Å². The lowest BCUT2D eigenvalue weighted by Gasteiger charge is -2.06. The first-order valence-electron chi connectivity index (χ1n) is 3.72. The predicted octanol–water partition coefficient (Wildman–Crippen LogP) is 2.49. The van der Waals surface area contributed by atoms with Gasteiger partial charge in [-0.2, -0.15) is 0 Å². The number of benzene rings is 1. The molecule has 0 amide bonds. The molecule has 14 heavy (non-hydrogen) atoms. The third kappa shape index (κ3) is 2.01. The Kier molecular flexibility index (Phi) is 3.41. The Bertz CT molecular complexity index is 366. The smallest absolute Gasteiger partial charge is 0.338 e. The fraction of sp³-hybridized carbons (Fsp3) is 0.222. The standard InChI is InChI=1S/C9H7ClF2O2/c1-14-9(13)6-2-5(11)3-8(12)7(6)4-10/h2-3H,4H2,1H3. The highest BCUT2D eigenvalue weighted by molar-refractivity contribution is 6.17. The van der Waals surface area contributed by atoms with E-state index in [0.717, 1.165) is 13.2 Å². The van der Waals surface area contributed by atoms with Crippen molar-refractivity contribution in [3.8, 4) is 0 Å². The second kappa shape index (κ2) is 4.37. The van der Waals surface area contributed by atoms with Gasteiger partial charge in [0.25, 0.3) is 0 Å². The van der Waals surface area contributed by atoms with Crippen LogP contribution >= 0.6 is 11.6 Å². The van der Waals surface area contributed by atoms with Crippen molar-refractivity contribution in [2.24, 2.45) is 0 Å². The highest BCUT2D eigenvalue weighted by Gasteiger charge is 2.16. The largest absolute Gasteiger partial charge is 0.465 e. The van der Waals surface area contributed by atoms with Gasteiger partial charge in [-0.15, -0.1) is 11.6 Å². The van der Waals surface area contributed by atoms with Crippen LogP contribution in [0.3, 0.4) is 0 Å². The molecular formula is C9H7ClF2O2. The summed E-state index contributed by atoms with van der Waals surface area (Å²) in [4.78, 5) is 11.1. The molecule has 0 aliphatic heterocycles. The molecule has 0 saturated carbocycles. The van der Waals surface area contributed by atoms with Crippen molar-refractivity contribution < 1.29 is 18.3 Å². The molecule has 0 radical (unpaired) electrons. The van der Waals surface area contributed by atoms with Crippen LogP contribution in [-0.2, 0) is 10.6 Å². The quantitative estimate of drug-likeness (QED) is 0.565. The van der Waals surface area contributed by atoms with Crippen molar-refractivity contribution in [3.05, 3.63) is 34.9 Å². The molecule has 0 saturated heterocycles. The number of esters is 1. The van der Waals surface area contributed by atoms with Gasteiger partial charge in [-0.25, -0.2) is 13.6 Å². The maximum atomic E-state index is 13.1. The molecule has 0 N–H and O–H groups in total. The van der Waals surface area contributed by atoms with Crippen LogP contribution in [0, 0.1) is 11.6 Å². The summed E-state index contributed by atoms with van der Waals surface area (Å²) in [6, 6.07) is 1.57. The number of carbonyl (C=O) groups excluding carboxylic acids is 1. The molecule has 0 aliphatic carbocycles. The van der Waals surface area contributed by atoms with Gasteiger partial charge in [0.2, 0.25) is 0 Å². The molecule has 0 atom stereocenters. The minimum atomic E-state index is -0.847. The van der Waals surface area contributed by atoms with E-state index < -0.39 is 17.6 Å². The van der Waals surface area contributed by atoms with Gasteiger partial charge < -0.3 is 4.74 Å². The summed E-state index contributed by atoms with van der Waals surface area (Å²) < 4.78 is 30.2. The molecule has 0 bridgehead atoms. The Labute approximate surface area is 84.4 Å². The number of hydrogen-bond acceptors (Lipinski definition) is 2. The number of carbonyl (C=O) groups is 1. The summed E-state index contributed by atoms with van der Waals surface area (Å²) >= 11 is 5.42. The minimum absolute atomic E-state index is 0.0556. The average Bonchev–Trinajstić information content (AvgIpc) is 2.15. The first kappa shape index (κ1) is 10.9. The first-order valence-corrected chi connectivity index (χ1v) is 4.25. The molecule has 5 heteroatoms. The number of rotatable bonds is 2.